The van der Waals surface area contributed by atoms with E-state index >= 15 is 0 Å². The van der Waals surface area contributed by atoms with Gasteiger partial charge in [0.05, 0.1) is 8.95 Å². The second-order valence-corrected chi connectivity index (χ2v) is 8.50. The van der Waals surface area contributed by atoms with Crippen LogP contribution in [0.3, 0.4) is 0 Å². The van der Waals surface area contributed by atoms with Crippen LogP contribution in [0.25, 0.3) is 0 Å². The summed E-state index contributed by atoms with van der Waals surface area (Å²) in [4.78, 5) is 0. The van der Waals surface area contributed by atoms with Crippen LogP contribution in [0.2, 0.25) is 0 Å². The molecular formula is C24H26Br2ClNO. The number of hydrogen-bond acceptors (Lipinski definition) is 2. The Morgan fingerprint density at radius 3 is 2.03 bits per heavy atom. The van der Waals surface area contributed by atoms with Crippen molar-refractivity contribution in [3.05, 3.63) is 98.4 Å². The lowest BCUT2D eigenvalue weighted by Gasteiger charge is -2.19. The maximum Gasteiger partial charge on any atom is 0.148 e. The maximum absolute atomic E-state index is 6.03. The lowest BCUT2D eigenvalue weighted by atomic mass is 10.0. The molecule has 3 aromatic carbocycles. The van der Waals surface area contributed by atoms with E-state index in [9.17, 15) is 0 Å². The predicted molar refractivity (Wildman–Crippen MR) is 131 cm³/mol. The molecule has 154 valence electrons. The molecule has 0 radical (unpaired) electrons. The second kappa shape index (κ2) is 12.4. The van der Waals surface area contributed by atoms with Crippen LogP contribution in [0.5, 0.6) is 5.75 Å². The van der Waals surface area contributed by atoms with E-state index in [2.05, 4.69) is 98.7 Å². The van der Waals surface area contributed by atoms with Crippen molar-refractivity contribution >= 4 is 44.3 Å². The fourth-order valence-corrected chi connectivity index (χ4v) is 4.69. The number of nitrogens with one attached hydrogen (secondary N) is 1. The van der Waals surface area contributed by atoms with Gasteiger partial charge in [-0.25, -0.2) is 0 Å². The molecule has 0 amide bonds. The molecule has 3 rings (SSSR count). The van der Waals surface area contributed by atoms with Gasteiger partial charge in [0.25, 0.3) is 0 Å². The van der Waals surface area contributed by atoms with E-state index in [1.54, 1.807) is 0 Å². The van der Waals surface area contributed by atoms with Gasteiger partial charge in [-0.1, -0.05) is 74.0 Å². The van der Waals surface area contributed by atoms with Crippen molar-refractivity contribution in [2.45, 2.75) is 39.0 Å². The van der Waals surface area contributed by atoms with Gasteiger partial charge in [0.15, 0.2) is 0 Å². The minimum Gasteiger partial charge on any atom is -0.487 e. The van der Waals surface area contributed by atoms with E-state index in [1.165, 1.54) is 11.1 Å². The molecule has 0 bridgehead atoms. The molecule has 0 aliphatic heterocycles. The standard InChI is InChI=1S/C24H25Br2NO.ClH/c1-2-9-23(20-12-7-4-8-13-20)27-16-19-14-21(25)24(22(26)15-19)28-17-18-10-5-3-6-11-18;/h3-8,10-15,23,27H,2,9,16-17H2,1H3;1H. The number of ether oxygens (including phenoxy) is 1. The molecule has 0 spiro atoms. The number of rotatable bonds is 9. The molecule has 3 aromatic rings. The zero-order valence-electron chi connectivity index (χ0n) is 16.4. The highest BCUT2D eigenvalue weighted by Crippen LogP contribution is 2.35. The van der Waals surface area contributed by atoms with Gasteiger partial charge < -0.3 is 10.1 Å². The van der Waals surface area contributed by atoms with Crippen molar-refractivity contribution in [1.82, 2.24) is 5.32 Å². The van der Waals surface area contributed by atoms with Crippen molar-refractivity contribution in [2.75, 3.05) is 0 Å². The molecule has 0 saturated heterocycles. The summed E-state index contributed by atoms with van der Waals surface area (Å²) < 4.78 is 7.95. The van der Waals surface area contributed by atoms with Crippen LogP contribution in [0.15, 0.2) is 81.7 Å². The quantitative estimate of drug-likeness (QED) is 0.299. The monoisotopic (exact) mass is 537 g/mol. The third-order valence-electron chi connectivity index (χ3n) is 4.62. The summed E-state index contributed by atoms with van der Waals surface area (Å²) in [7, 11) is 0. The topological polar surface area (TPSA) is 21.3 Å². The van der Waals surface area contributed by atoms with Crippen LogP contribution >= 0.6 is 44.3 Å². The van der Waals surface area contributed by atoms with E-state index in [1.807, 2.05) is 18.2 Å². The van der Waals surface area contributed by atoms with Crippen LogP contribution in [-0.4, -0.2) is 0 Å². The molecule has 1 unspecified atom stereocenters. The zero-order chi connectivity index (χ0) is 19.8. The molecule has 0 aliphatic carbocycles. The van der Waals surface area contributed by atoms with Gasteiger partial charge >= 0.3 is 0 Å². The van der Waals surface area contributed by atoms with Crippen LogP contribution < -0.4 is 10.1 Å². The predicted octanol–water partition coefficient (Wildman–Crippen LogP) is 7.84. The maximum atomic E-state index is 6.03. The molecule has 1 N–H and O–H groups in total. The van der Waals surface area contributed by atoms with Crippen molar-refractivity contribution in [1.29, 1.82) is 0 Å². The largest absolute Gasteiger partial charge is 0.487 e. The Kier molecular flexibility index (Phi) is 10.2. The molecule has 0 fully saturated rings. The fourth-order valence-electron chi connectivity index (χ4n) is 3.18. The Hall–Kier alpha value is -1.33. The van der Waals surface area contributed by atoms with Crippen molar-refractivity contribution in [3.8, 4) is 5.75 Å². The Bertz CT molecular complexity index is 852. The summed E-state index contributed by atoms with van der Waals surface area (Å²) in [5, 5.41) is 3.70. The van der Waals surface area contributed by atoms with Crippen LogP contribution in [0.1, 0.15) is 42.5 Å². The molecule has 0 aliphatic rings. The van der Waals surface area contributed by atoms with Crippen molar-refractivity contribution in [3.63, 3.8) is 0 Å². The van der Waals surface area contributed by atoms with E-state index in [0.29, 0.717) is 12.6 Å². The first-order chi connectivity index (χ1) is 13.7. The first-order valence-corrected chi connectivity index (χ1v) is 11.2. The SMILES string of the molecule is CCCC(NCc1cc(Br)c(OCc2ccccc2)c(Br)c1)c1ccccc1.Cl. The zero-order valence-corrected chi connectivity index (χ0v) is 20.4. The first-order valence-electron chi connectivity index (χ1n) is 9.60. The van der Waals surface area contributed by atoms with Crippen molar-refractivity contribution < 1.29 is 4.74 Å². The average Bonchev–Trinajstić information content (AvgIpc) is 2.72. The van der Waals surface area contributed by atoms with Crippen LogP contribution in [0, 0.1) is 0 Å². The Labute approximate surface area is 196 Å². The smallest absolute Gasteiger partial charge is 0.148 e. The summed E-state index contributed by atoms with van der Waals surface area (Å²) in [6.07, 6.45) is 2.26. The average molecular weight is 540 g/mol. The highest BCUT2D eigenvalue weighted by atomic mass is 79.9. The first kappa shape index (κ1) is 23.9. The Morgan fingerprint density at radius 1 is 0.862 bits per heavy atom. The number of halogens is 3. The lowest BCUT2D eigenvalue weighted by molar-refractivity contribution is 0.302. The second-order valence-electron chi connectivity index (χ2n) is 6.80. The molecule has 29 heavy (non-hydrogen) atoms. The van der Waals surface area contributed by atoms with E-state index in [-0.39, 0.29) is 12.4 Å². The van der Waals surface area contributed by atoms with E-state index in [0.717, 1.165) is 39.6 Å². The molecule has 0 aromatic heterocycles. The molecular weight excluding hydrogens is 514 g/mol. The van der Waals surface area contributed by atoms with Gasteiger partial charge in [-0.3, -0.25) is 0 Å². The summed E-state index contributed by atoms with van der Waals surface area (Å²) in [6.45, 7) is 3.57. The number of hydrogen-bond donors (Lipinski definition) is 1. The Balaban J connectivity index is 0.00000300. The van der Waals surface area contributed by atoms with Gasteiger partial charge in [0.1, 0.15) is 12.4 Å². The highest BCUT2D eigenvalue weighted by Gasteiger charge is 2.13. The van der Waals surface area contributed by atoms with Crippen LogP contribution in [-0.2, 0) is 13.2 Å². The lowest BCUT2D eigenvalue weighted by Crippen LogP contribution is -2.20. The van der Waals surface area contributed by atoms with E-state index < -0.39 is 0 Å². The minimum absolute atomic E-state index is 0. The molecule has 2 nitrogen and oxygen atoms in total. The summed E-state index contributed by atoms with van der Waals surface area (Å²) in [6, 6.07) is 25.5. The van der Waals surface area contributed by atoms with Gasteiger partial charge in [-0.05, 0) is 67.1 Å². The summed E-state index contributed by atoms with van der Waals surface area (Å²) in [5.74, 6) is 0.834. The fraction of sp³-hybridized carbons (Fsp3) is 0.250. The summed E-state index contributed by atoms with van der Waals surface area (Å²) in [5.41, 5.74) is 3.70. The highest BCUT2D eigenvalue weighted by molar-refractivity contribution is 9.11. The van der Waals surface area contributed by atoms with Gasteiger partial charge in [0, 0.05) is 12.6 Å². The molecule has 0 saturated carbocycles. The van der Waals surface area contributed by atoms with Crippen LogP contribution in [0.4, 0.5) is 0 Å². The van der Waals surface area contributed by atoms with Crippen molar-refractivity contribution in [2.24, 2.45) is 0 Å². The summed E-state index contributed by atoms with van der Waals surface area (Å²) >= 11 is 7.34. The van der Waals surface area contributed by atoms with Gasteiger partial charge in [-0.15, -0.1) is 12.4 Å². The normalized spacial score (nSPS) is 11.6. The third-order valence-corrected chi connectivity index (χ3v) is 5.79. The van der Waals surface area contributed by atoms with Gasteiger partial charge in [0.2, 0.25) is 0 Å². The molecule has 1 atom stereocenters. The minimum atomic E-state index is 0. The van der Waals surface area contributed by atoms with E-state index in [4.69, 9.17) is 4.74 Å². The third kappa shape index (κ3) is 7.14. The van der Waals surface area contributed by atoms with Gasteiger partial charge in [-0.2, -0.15) is 0 Å². The molecule has 0 heterocycles. The Morgan fingerprint density at radius 2 is 1.45 bits per heavy atom. The number of benzene rings is 3. The molecule has 5 heteroatoms.